The minimum atomic E-state index is -0.793. The molecule has 84 valence electrons. The van der Waals surface area contributed by atoms with Crippen LogP contribution in [0.3, 0.4) is 0 Å². The van der Waals surface area contributed by atoms with E-state index < -0.39 is 5.97 Å². The Labute approximate surface area is 101 Å². The average Bonchev–Trinajstić information content (AvgIpc) is 2.59. The second kappa shape index (κ2) is 4.29. The topological polar surface area (TPSA) is 50.4 Å². The molecule has 0 saturated carbocycles. The van der Waals surface area contributed by atoms with E-state index in [1.807, 2.05) is 25.1 Å². The minimum Gasteiger partial charge on any atom is -0.481 e. The third-order valence-corrected chi connectivity index (χ3v) is 3.07. The van der Waals surface area contributed by atoms with Gasteiger partial charge in [-0.05, 0) is 24.1 Å². The number of benzene rings is 1. The molecule has 3 nitrogen and oxygen atoms in total. The van der Waals surface area contributed by atoms with Crippen LogP contribution in [-0.4, -0.2) is 11.1 Å². The number of aliphatic carboxylic acids is 1. The number of hydrogen-bond donors (Lipinski definition) is 1. The Morgan fingerprint density at radius 2 is 2.31 bits per heavy atom. The Morgan fingerprint density at radius 1 is 1.56 bits per heavy atom. The molecule has 1 aromatic heterocycles. The van der Waals surface area contributed by atoms with Gasteiger partial charge in [0.05, 0.1) is 12.7 Å². The summed E-state index contributed by atoms with van der Waals surface area (Å²) in [4.78, 5) is 10.7. The number of carboxylic acids is 1. The van der Waals surface area contributed by atoms with E-state index in [1.165, 1.54) is 0 Å². The Kier molecular flexibility index (Phi) is 3.01. The summed E-state index contributed by atoms with van der Waals surface area (Å²) >= 11 is 3.36. The Balaban J connectivity index is 2.41. The Morgan fingerprint density at radius 3 is 3.00 bits per heavy atom. The van der Waals surface area contributed by atoms with Crippen LogP contribution >= 0.6 is 15.9 Å². The Hall–Kier alpha value is -1.29. The van der Waals surface area contributed by atoms with Gasteiger partial charge in [-0.2, -0.15) is 0 Å². The van der Waals surface area contributed by atoms with Crippen molar-refractivity contribution >= 4 is 32.9 Å². The molecule has 0 amide bonds. The summed E-state index contributed by atoms with van der Waals surface area (Å²) < 4.78 is 6.36. The van der Waals surface area contributed by atoms with Gasteiger partial charge >= 0.3 is 5.97 Å². The van der Waals surface area contributed by atoms with E-state index in [0.29, 0.717) is 0 Å². The van der Waals surface area contributed by atoms with Crippen molar-refractivity contribution in [1.82, 2.24) is 0 Å². The quantitative estimate of drug-likeness (QED) is 0.932. The number of fused-ring (bicyclic) bond motifs is 1. The van der Waals surface area contributed by atoms with Gasteiger partial charge in [-0.3, -0.25) is 4.79 Å². The van der Waals surface area contributed by atoms with E-state index in [0.717, 1.165) is 21.0 Å². The third-order valence-electron chi connectivity index (χ3n) is 2.58. The molecule has 0 aliphatic carbocycles. The van der Waals surface area contributed by atoms with Crippen molar-refractivity contribution in [3.8, 4) is 0 Å². The molecule has 4 heteroatoms. The third kappa shape index (κ3) is 2.11. The van der Waals surface area contributed by atoms with Crippen LogP contribution < -0.4 is 0 Å². The summed E-state index contributed by atoms with van der Waals surface area (Å²) in [5, 5.41) is 9.74. The lowest BCUT2D eigenvalue weighted by Gasteiger charge is -2.05. The summed E-state index contributed by atoms with van der Waals surface area (Å²) in [5.41, 5.74) is 1.73. The molecule has 1 aromatic carbocycles. The first kappa shape index (κ1) is 11.2. The smallest absolute Gasteiger partial charge is 0.303 e. The van der Waals surface area contributed by atoms with Gasteiger partial charge in [0, 0.05) is 15.4 Å². The fourth-order valence-electron chi connectivity index (χ4n) is 1.78. The molecule has 1 atom stereocenters. The highest BCUT2D eigenvalue weighted by Gasteiger charge is 2.15. The monoisotopic (exact) mass is 282 g/mol. The van der Waals surface area contributed by atoms with E-state index >= 15 is 0 Å². The second-order valence-corrected chi connectivity index (χ2v) is 4.75. The largest absolute Gasteiger partial charge is 0.481 e. The number of furan rings is 1. The van der Waals surface area contributed by atoms with Crippen LogP contribution in [-0.2, 0) is 4.79 Å². The van der Waals surface area contributed by atoms with Gasteiger partial charge in [-0.15, -0.1) is 0 Å². The molecule has 0 bridgehead atoms. The molecule has 2 rings (SSSR count). The van der Waals surface area contributed by atoms with Gasteiger partial charge in [-0.1, -0.05) is 22.9 Å². The molecule has 16 heavy (non-hydrogen) atoms. The van der Waals surface area contributed by atoms with Crippen molar-refractivity contribution < 1.29 is 14.3 Å². The van der Waals surface area contributed by atoms with Crippen molar-refractivity contribution in [1.29, 1.82) is 0 Å². The molecular weight excluding hydrogens is 272 g/mol. The van der Waals surface area contributed by atoms with Crippen molar-refractivity contribution in [3.63, 3.8) is 0 Å². The lowest BCUT2D eigenvalue weighted by molar-refractivity contribution is -0.137. The van der Waals surface area contributed by atoms with E-state index in [-0.39, 0.29) is 12.3 Å². The molecule has 0 saturated heterocycles. The summed E-state index contributed by atoms with van der Waals surface area (Å²) in [6.45, 7) is 1.89. The molecule has 0 radical (unpaired) electrons. The lowest BCUT2D eigenvalue weighted by Crippen LogP contribution is -2.02. The molecule has 1 unspecified atom stereocenters. The maximum atomic E-state index is 10.7. The van der Waals surface area contributed by atoms with Crippen LogP contribution in [0.5, 0.6) is 0 Å². The number of hydrogen-bond acceptors (Lipinski definition) is 2. The van der Waals surface area contributed by atoms with Crippen LogP contribution in [0.25, 0.3) is 11.0 Å². The van der Waals surface area contributed by atoms with Crippen LogP contribution in [0.2, 0.25) is 0 Å². The van der Waals surface area contributed by atoms with Crippen LogP contribution in [0.1, 0.15) is 24.8 Å². The predicted molar refractivity (Wildman–Crippen MR) is 64.6 cm³/mol. The van der Waals surface area contributed by atoms with Gasteiger partial charge in [0.1, 0.15) is 5.58 Å². The minimum absolute atomic E-state index is 0.0417. The van der Waals surface area contributed by atoms with Crippen molar-refractivity contribution in [2.45, 2.75) is 19.3 Å². The SMILES string of the molecule is CC(CC(=O)O)c1coc2cc(Br)ccc12. The first-order chi connectivity index (χ1) is 7.58. The molecule has 2 aromatic rings. The summed E-state index contributed by atoms with van der Waals surface area (Å²) in [6, 6.07) is 5.75. The number of halogens is 1. The van der Waals surface area contributed by atoms with E-state index in [4.69, 9.17) is 9.52 Å². The fraction of sp³-hybridized carbons (Fsp3) is 0.250. The van der Waals surface area contributed by atoms with Gasteiger partial charge in [0.2, 0.25) is 0 Å². The van der Waals surface area contributed by atoms with E-state index in [9.17, 15) is 4.79 Å². The molecule has 0 fully saturated rings. The normalized spacial score (nSPS) is 12.9. The first-order valence-corrected chi connectivity index (χ1v) is 5.75. The number of carboxylic acid groups (broad SMARTS) is 1. The maximum absolute atomic E-state index is 10.7. The molecule has 1 N–H and O–H groups in total. The summed E-state index contributed by atoms with van der Waals surface area (Å²) in [6.07, 6.45) is 1.76. The van der Waals surface area contributed by atoms with E-state index in [2.05, 4.69) is 15.9 Å². The number of carbonyl (C=O) groups is 1. The van der Waals surface area contributed by atoms with Crippen LogP contribution in [0.15, 0.2) is 33.4 Å². The van der Waals surface area contributed by atoms with Crippen molar-refractivity contribution in [2.75, 3.05) is 0 Å². The highest BCUT2D eigenvalue weighted by molar-refractivity contribution is 9.10. The van der Waals surface area contributed by atoms with Gasteiger partial charge in [0.15, 0.2) is 0 Å². The van der Waals surface area contributed by atoms with Crippen molar-refractivity contribution in [3.05, 3.63) is 34.5 Å². The first-order valence-electron chi connectivity index (χ1n) is 4.96. The van der Waals surface area contributed by atoms with E-state index in [1.54, 1.807) is 6.26 Å². The highest BCUT2D eigenvalue weighted by atomic mass is 79.9. The zero-order valence-corrected chi connectivity index (χ0v) is 10.3. The second-order valence-electron chi connectivity index (χ2n) is 3.83. The summed E-state index contributed by atoms with van der Waals surface area (Å²) in [5.74, 6) is -0.834. The van der Waals surface area contributed by atoms with Gasteiger partial charge < -0.3 is 9.52 Å². The molecule has 0 spiro atoms. The zero-order valence-electron chi connectivity index (χ0n) is 8.74. The highest BCUT2D eigenvalue weighted by Crippen LogP contribution is 2.31. The van der Waals surface area contributed by atoms with Gasteiger partial charge in [0.25, 0.3) is 0 Å². The molecular formula is C12H11BrO3. The van der Waals surface area contributed by atoms with Crippen molar-refractivity contribution in [2.24, 2.45) is 0 Å². The summed E-state index contributed by atoms with van der Waals surface area (Å²) in [7, 11) is 0. The maximum Gasteiger partial charge on any atom is 0.303 e. The standard InChI is InChI=1S/C12H11BrO3/c1-7(4-12(14)15)10-6-16-11-5-8(13)2-3-9(10)11/h2-3,5-7H,4H2,1H3,(H,14,15). The molecule has 0 aliphatic rings. The Bertz CT molecular complexity index is 530. The fourth-order valence-corrected chi connectivity index (χ4v) is 2.12. The molecule has 0 aliphatic heterocycles. The molecule has 1 heterocycles. The average molecular weight is 283 g/mol. The zero-order chi connectivity index (χ0) is 11.7. The van der Waals surface area contributed by atoms with Crippen LogP contribution in [0.4, 0.5) is 0 Å². The lowest BCUT2D eigenvalue weighted by atomic mass is 9.97. The van der Waals surface area contributed by atoms with Gasteiger partial charge in [-0.25, -0.2) is 0 Å². The van der Waals surface area contributed by atoms with Crippen LogP contribution in [0, 0.1) is 0 Å². The predicted octanol–water partition coefficient (Wildman–Crippen LogP) is 3.77. The number of rotatable bonds is 3.